The summed E-state index contributed by atoms with van der Waals surface area (Å²) in [6.45, 7) is 8.71. The molecule has 1 aromatic rings. The lowest BCUT2D eigenvalue weighted by Crippen LogP contribution is -2.51. The van der Waals surface area contributed by atoms with E-state index in [1.54, 1.807) is 18.2 Å². The number of nitrogens with one attached hydrogen (secondary N) is 2. The quantitative estimate of drug-likeness (QED) is 0.870. The molecule has 2 unspecified atom stereocenters. The standard InChI is InChI=1S/C16H26N2O3S/c1-11(2)21-16-8-7-14(10-12(16)3)22(19,20)18-15-6-5-9-17-13(15)4/h7-8,10-11,13,15,17-18H,5-6,9H2,1-4H3. The number of piperidine rings is 1. The number of sulfonamides is 1. The van der Waals surface area contributed by atoms with Crippen LogP contribution in [0.1, 0.15) is 39.2 Å². The van der Waals surface area contributed by atoms with Crippen molar-refractivity contribution < 1.29 is 13.2 Å². The normalized spacial score (nSPS) is 22.8. The van der Waals surface area contributed by atoms with Gasteiger partial charge in [0.2, 0.25) is 10.0 Å². The molecule has 5 nitrogen and oxygen atoms in total. The van der Waals surface area contributed by atoms with Gasteiger partial charge in [-0.15, -0.1) is 0 Å². The van der Waals surface area contributed by atoms with Crippen LogP contribution >= 0.6 is 0 Å². The fraction of sp³-hybridized carbons (Fsp3) is 0.625. The molecule has 0 radical (unpaired) electrons. The van der Waals surface area contributed by atoms with E-state index < -0.39 is 10.0 Å². The van der Waals surface area contributed by atoms with Gasteiger partial charge in [0.15, 0.2) is 0 Å². The molecule has 124 valence electrons. The predicted octanol–water partition coefficient (Wildman–Crippen LogP) is 2.20. The number of aryl methyl sites for hydroxylation is 1. The van der Waals surface area contributed by atoms with Crippen LogP contribution in [0.15, 0.2) is 23.1 Å². The van der Waals surface area contributed by atoms with Crippen molar-refractivity contribution in [3.63, 3.8) is 0 Å². The summed E-state index contributed by atoms with van der Waals surface area (Å²) in [5.74, 6) is 0.724. The van der Waals surface area contributed by atoms with Crippen LogP contribution in [0.25, 0.3) is 0 Å². The van der Waals surface area contributed by atoms with Crippen molar-refractivity contribution in [2.24, 2.45) is 0 Å². The molecule has 1 aliphatic rings. The zero-order chi connectivity index (χ0) is 16.3. The Morgan fingerprint density at radius 1 is 1.36 bits per heavy atom. The lowest BCUT2D eigenvalue weighted by Gasteiger charge is -2.30. The maximum atomic E-state index is 12.6. The summed E-state index contributed by atoms with van der Waals surface area (Å²) in [4.78, 5) is 0.291. The lowest BCUT2D eigenvalue weighted by atomic mass is 10.0. The van der Waals surface area contributed by atoms with Gasteiger partial charge in [-0.3, -0.25) is 0 Å². The summed E-state index contributed by atoms with van der Waals surface area (Å²) in [7, 11) is -3.51. The summed E-state index contributed by atoms with van der Waals surface area (Å²) < 4.78 is 33.6. The van der Waals surface area contributed by atoms with E-state index in [0.29, 0.717) is 4.90 Å². The Morgan fingerprint density at radius 3 is 2.68 bits per heavy atom. The molecule has 2 atom stereocenters. The molecule has 0 bridgehead atoms. The molecule has 1 fully saturated rings. The van der Waals surface area contributed by atoms with Gasteiger partial charge in [-0.2, -0.15) is 0 Å². The molecule has 1 heterocycles. The average molecular weight is 326 g/mol. The third-order valence-corrected chi connectivity index (χ3v) is 5.38. The zero-order valence-corrected chi connectivity index (χ0v) is 14.5. The minimum Gasteiger partial charge on any atom is -0.491 e. The molecular weight excluding hydrogens is 300 g/mol. The third-order valence-electron chi connectivity index (χ3n) is 3.89. The molecule has 1 saturated heterocycles. The van der Waals surface area contributed by atoms with Crippen LogP contribution in [0.5, 0.6) is 5.75 Å². The van der Waals surface area contributed by atoms with E-state index in [1.165, 1.54) is 0 Å². The molecule has 2 rings (SSSR count). The molecule has 0 saturated carbocycles. The van der Waals surface area contributed by atoms with Gasteiger partial charge < -0.3 is 10.1 Å². The fourth-order valence-electron chi connectivity index (χ4n) is 2.65. The largest absolute Gasteiger partial charge is 0.491 e. The molecule has 0 amide bonds. The Labute approximate surface area is 133 Å². The van der Waals surface area contributed by atoms with Crippen molar-refractivity contribution in [2.75, 3.05) is 6.54 Å². The van der Waals surface area contributed by atoms with Crippen LogP contribution in [-0.4, -0.2) is 33.2 Å². The van der Waals surface area contributed by atoms with Crippen molar-refractivity contribution in [3.05, 3.63) is 23.8 Å². The first-order valence-electron chi connectivity index (χ1n) is 7.82. The zero-order valence-electron chi connectivity index (χ0n) is 13.7. The van der Waals surface area contributed by atoms with Crippen LogP contribution in [0.2, 0.25) is 0 Å². The SMILES string of the molecule is Cc1cc(S(=O)(=O)NC2CCCNC2C)ccc1OC(C)C. The van der Waals surface area contributed by atoms with E-state index in [0.717, 1.165) is 30.7 Å². The average Bonchev–Trinajstić information content (AvgIpc) is 2.43. The van der Waals surface area contributed by atoms with Gasteiger partial charge in [0.25, 0.3) is 0 Å². The van der Waals surface area contributed by atoms with Crippen LogP contribution in [0, 0.1) is 6.92 Å². The molecule has 22 heavy (non-hydrogen) atoms. The van der Waals surface area contributed by atoms with E-state index >= 15 is 0 Å². The smallest absolute Gasteiger partial charge is 0.240 e. The summed E-state index contributed by atoms with van der Waals surface area (Å²) in [6, 6.07) is 5.08. The van der Waals surface area contributed by atoms with Crippen LogP contribution in [-0.2, 0) is 10.0 Å². The van der Waals surface area contributed by atoms with Gasteiger partial charge in [-0.1, -0.05) is 0 Å². The number of rotatable bonds is 5. The Balaban J connectivity index is 2.17. The van der Waals surface area contributed by atoms with Crippen LogP contribution in [0.4, 0.5) is 0 Å². The second-order valence-corrected chi connectivity index (χ2v) is 7.92. The fourth-order valence-corrected chi connectivity index (χ4v) is 4.08. The topological polar surface area (TPSA) is 67.4 Å². The second kappa shape index (κ2) is 6.98. The Morgan fingerprint density at radius 2 is 2.09 bits per heavy atom. The van der Waals surface area contributed by atoms with E-state index in [-0.39, 0.29) is 18.2 Å². The molecule has 6 heteroatoms. The van der Waals surface area contributed by atoms with Gasteiger partial charge in [0, 0.05) is 12.1 Å². The number of hydrogen-bond acceptors (Lipinski definition) is 4. The summed E-state index contributed by atoms with van der Waals surface area (Å²) in [6.07, 6.45) is 1.91. The highest BCUT2D eigenvalue weighted by atomic mass is 32.2. The van der Waals surface area contributed by atoms with Crippen molar-refractivity contribution in [3.8, 4) is 5.75 Å². The van der Waals surface area contributed by atoms with Gasteiger partial charge in [-0.05, 0) is 70.8 Å². The van der Waals surface area contributed by atoms with E-state index in [4.69, 9.17) is 4.74 Å². The first-order chi connectivity index (χ1) is 10.3. The van der Waals surface area contributed by atoms with Gasteiger partial charge >= 0.3 is 0 Å². The van der Waals surface area contributed by atoms with Gasteiger partial charge in [0.1, 0.15) is 5.75 Å². The summed E-state index contributed by atoms with van der Waals surface area (Å²) in [5.41, 5.74) is 0.825. The van der Waals surface area contributed by atoms with Crippen LogP contribution in [0.3, 0.4) is 0 Å². The third kappa shape index (κ3) is 4.21. The minimum atomic E-state index is -3.51. The van der Waals surface area contributed by atoms with Crippen molar-refractivity contribution >= 4 is 10.0 Å². The maximum absolute atomic E-state index is 12.6. The van der Waals surface area contributed by atoms with Crippen molar-refractivity contribution in [1.82, 2.24) is 10.0 Å². The first kappa shape index (κ1) is 17.2. The number of benzene rings is 1. The van der Waals surface area contributed by atoms with E-state index in [1.807, 2.05) is 27.7 Å². The molecular formula is C16H26N2O3S. The molecule has 0 aliphatic carbocycles. The lowest BCUT2D eigenvalue weighted by molar-refractivity contribution is 0.240. The van der Waals surface area contributed by atoms with Gasteiger partial charge in [-0.25, -0.2) is 13.1 Å². The van der Waals surface area contributed by atoms with E-state index in [2.05, 4.69) is 10.0 Å². The monoisotopic (exact) mass is 326 g/mol. The molecule has 0 aromatic heterocycles. The second-order valence-electron chi connectivity index (χ2n) is 6.21. The van der Waals surface area contributed by atoms with Crippen molar-refractivity contribution in [1.29, 1.82) is 0 Å². The van der Waals surface area contributed by atoms with Gasteiger partial charge in [0.05, 0.1) is 11.0 Å². The molecule has 1 aromatic carbocycles. The Bertz CT molecular complexity index is 614. The number of ether oxygens (including phenoxy) is 1. The maximum Gasteiger partial charge on any atom is 0.240 e. The first-order valence-corrected chi connectivity index (χ1v) is 9.31. The molecule has 0 spiro atoms. The Hall–Kier alpha value is -1.11. The Kier molecular flexibility index (Phi) is 5.47. The van der Waals surface area contributed by atoms with E-state index in [9.17, 15) is 8.42 Å². The number of hydrogen-bond donors (Lipinski definition) is 2. The summed E-state index contributed by atoms with van der Waals surface area (Å²) >= 11 is 0. The predicted molar refractivity (Wildman–Crippen MR) is 87.8 cm³/mol. The summed E-state index contributed by atoms with van der Waals surface area (Å²) in [5, 5.41) is 3.30. The highest BCUT2D eigenvalue weighted by molar-refractivity contribution is 7.89. The highest BCUT2D eigenvalue weighted by Gasteiger charge is 2.26. The highest BCUT2D eigenvalue weighted by Crippen LogP contribution is 2.23. The van der Waals surface area contributed by atoms with Crippen LogP contribution < -0.4 is 14.8 Å². The molecule has 2 N–H and O–H groups in total. The van der Waals surface area contributed by atoms with Crippen molar-refractivity contribution in [2.45, 2.75) is 63.6 Å². The molecule has 1 aliphatic heterocycles. The minimum absolute atomic E-state index is 0.0634.